The van der Waals surface area contributed by atoms with Gasteiger partial charge in [-0.3, -0.25) is 19.2 Å². The Kier molecular flexibility index (Phi) is 12.6. The van der Waals surface area contributed by atoms with Crippen LogP contribution in [-0.4, -0.2) is 36.2 Å². The van der Waals surface area contributed by atoms with Crippen molar-refractivity contribution in [2.75, 3.05) is 6.54 Å². The first-order chi connectivity index (χ1) is 15.7. The van der Waals surface area contributed by atoms with Crippen LogP contribution in [0, 0.1) is 5.92 Å². The molecule has 1 unspecified atom stereocenters. The molecule has 0 saturated heterocycles. The molecular formula is C25H34N4O4. The van der Waals surface area contributed by atoms with Gasteiger partial charge in [-0.05, 0) is 17.0 Å². The molecule has 0 aliphatic carbocycles. The van der Waals surface area contributed by atoms with Crippen LogP contribution in [0.2, 0.25) is 0 Å². The number of amides is 4. The number of hydrogen-bond donors (Lipinski definition) is 4. The zero-order chi connectivity index (χ0) is 24.6. The van der Waals surface area contributed by atoms with Crippen molar-refractivity contribution in [3.63, 3.8) is 0 Å². The first-order valence-corrected chi connectivity index (χ1v) is 10.8. The summed E-state index contributed by atoms with van der Waals surface area (Å²) in [4.78, 5) is 44.7. The van der Waals surface area contributed by atoms with E-state index in [2.05, 4.69) is 21.3 Å². The number of carbonyl (C=O) groups is 4. The smallest absolute Gasteiger partial charge is 0.243 e. The molecule has 0 aromatic heterocycles. The van der Waals surface area contributed by atoms with E-state index in [1.807, 2.05) is 74.5 Å². The van der Waals surface area contributed by atoms with Crippen molar-refractivity contribution in [2.24, 2.45) is 5.92 Å². The molecule has 4 N–H and O–H groups in total. The highest BCUT2D eigenvalue weighted by molar-refractivity contribution is 5.87. The summed E-state index contributed by atoms with van der Waals surface area (Å²) in [6.45, 7) is 7.60. The lowest BCUT2D eigenvalue weighted by Gasteiger charge is -2.20. The molecule has 0 fully saturated rings. The predicted octanol–water partition coefficient (Wildman–Crippen LogP) is 1.90. The van der Waals surface area contributed by atoms with Crippen molar-refractivity contribution in [3.8, 4) is 0 Å². The van der Waals surface area contributed by atoms with E-state index in [-0.39, 0.29) is 36.1 Å². The summed E-state index contributed by atoms with van der Waals surface area (Å²) >= 11 is 0. The third-order valence-corrected chi connectivity index (χ3v) is 4.45. The van der Waals surface area contributed by atoms with Gasteiger partial charge in [-0.25, -0.2) is 0 Å². The fourth-order valence-electron chi connectivity index (χ4n) is 2.71. The Morgan fingerprint density at radius 3 is 1.61 bits per heavy atom. The van der Waals surface area contributed by atoms with Crippen LogP contribution in [0.3, 0.4) is 0 Å². The minimum absolute atomic E-state index is 0.0299. The standard InChI is InChI=1S/C14H20N2O2.C11H14N2O2/c1-10(2)13(16-11(3)17)14(18)15-9-12-7-5-4-6-8-12;1-9(14)12-8-11(15)13-7-10-5-3-2-4-6-10/h4-8,10,13H,9H2,1-3H3,(H,15,18)(H,16,17);2-6H,7-8H2,1H3,(H,12,14)(H,13,15). The molecule has 178 valence electrons. The second-order valence-corrected chi connectivity index (χ2v) is 7.80. The zero-order valence-electron chi connectivity index (χ0n) is 19.7. The molecule has 33 heavy (non-hydrogen) atoms. The average molecular weight is 455 g/mol. The van der Waals surface area contributed by atoms with Crippen LogP contribution in [0.1, 0.15) is 38.8 Å². The Bertz CT molecular complexity index is 886. The number of nitrogens with one attached hydrogen (secondary N) is 4. The normalized spacial score (nSPS) is 10.8. The lowest BCUT2D eigenvalue weighted by atomic mass is 10.0. The van der Waals surface area contributed by atoms with Crippen LogP contribution in [-0.2, 0) is 32.3 Å². The molecule has 0 saturated carbocycles. The molecule has 0 heterocycles. The second kappa shape index (κ2) is 15.2. The van der Waals surface area contributed by atoms with Crippen LogP contribution in [0.4, 0.5) is 0 Å². The fourth-order valence-corrected chi connectivity index (χ4v) is 2.71. The maximum atomic E-state index is 12.0. The maximum Gasteiger partial charge on any atom is 0.243 e. The van der Waals surface area contributed by atoms with E-state index in [1.54, 1.807) is 0 Å². The van der Waals surface area contributed by atoms with E-state index in [1.165, 1.54) is 13.8 Å². The van der Waals surface area contributed by atoms with E-state index in [0.717, 1.165) is 11.1 Å². The first kappa shape index (κ1) is 27.4. The molecule has 4 amide bonds. The summed E-state index contributed by atoms with van der Waals surface area (Å²) in [7, 11) is 0. The van der Waals surface area contributed by atoms with Crippen LogP contribution in [0.15, 0.2) is 60.7 Å². The molecule has 0 bridgehead atoms. The molecule has 1 atom stereocenters. The highest BCUT2D eigenvalue weighted by Gasteiger charge is 2.22. The fraction of sp³-hybridized carbons (Fsp3) is 0.360. The van der Waals surface area contributed by atoms with E-state index in [9.17, 15) is 19.2 Å². The Labute approximate surface area is 195 Å². The van der Waals surface area contributed by atoms with Gasteiger partial charge < -0.3 is 21.3 Å². The van der Waals surface area contributed by atoms with Crippen LogP contribution >= 0.6 is 0 Å². The second-order valence-electron chi connectivity index (χ2n) is 7.80. The topological polar surface area (TPSA) is 116 Å². The molecule has 2 aromatic rings. The number of rotatable bonds is 9. The summed E-state index contributed by atoms with van der Waals surface area (Å²) in [5.41, 5.74) is 2.07. The number of hydrogen-bond acceptors (Lipinski definition) is 4. The van der Waals surface area contributed by atoms with E-state index in [4.69, 9.17) is 0 Å². The Morgan fingerprint density at radius 1 is 0.697 bits per heavy atom. The summed E-state index contributed by atoms with van der Waals surface area (Å²) in [5.74, 6) is -0.670. The largest absolute Gasteiger partial charge is 0.350 e. The van der Waals surface area contributed by atoms with Gasteiger partial charge in [0.15, 0.2) is 0 Å². The number of benzene rings is 2. The molecule has 8 nitrogen and oxygen atoms in total. The van der Waals surface area contributed by atoms with Crippen molar-refractivity contribution in [2.45, 2.75) is 46.8 Å². The van der Waals surface area contributed by atoms with Gasteiger partial charge in [0.05, 0.1) is 6.54 Å². The van der Waals surface area contributed by atoms with Gasteiger partial charge in [0.2, 0.25) is 23.6 Å². The van der Waals surface area contributed by atoms with Gasteiger partial charge in [0.25, 0.3) is 0 Å². The summed E-state index contributed by atoms with van der Waals surface area (Å²) in [6, 6.07) is 18.8. The van der Waals surface area contributed by atoms with Crippen molar-refractivity contribution in [1.82, 2.24) is 21.3 Å². The van der Waals surface area contributed by atoms with Gasteiger partial charge >= 0.3 is 0 Å². The molecule has 0 aliphatic heterocycles. The van der Waals surface area contributed by atoms with Gasteiger partial charge in [-0.2, -0.15) is 0 Å². The Hall–Kier alpha value is -3.68. The van der Waals surface area contributed by atoms with E-state index in [0.29, 0.717) is 13.1 Å². The molecule has 0 radical (unpaired) electrons. The SMILES string of the molecule is CC(=O)NC(C(=O)NCc1ccccc1)C(C)C.CC(=O)NCC(=O)NCc1ccccc1. The van der Waals surface area contributed by atoms with Gasteiger partial charge in [-0.1, -0.05) is 74.5 Å². The minimum atomic E-state index is -0.480. The van der Waals surface area contributed by atoms with Crippen LogP contribution in [0.25, 0.3) is 0 Å². The van der Waals surface area contributed by atoms with Crippen molar-refractivity contribution < 1.29 is 19.2 Å². The Morgan fingerprint density at radius 2 is 1.18 bits per heavy atom. The average Bonchev–Trinajstić information content (AvgIpc) is 2.79. The van der Waals surface area contributed by atoms with E-state index < -0.39 is 6.04 Å². The lowest BCUT2D eigenvalue weighted by molar-refractivity contribution is -0.129. The van der Waals surface area contributed by atoms with Gasteiger partial charge in [-0.15, -0.1) is 0 Å². The molecule has 0 aliphatic rings. The van der Waals surface area contributed by atoms with Gasteiger partial charge in [0.1, 0.15) is 6.04 Å². The maximum absolute atomic E-state index is 12.0. The number of carbonyl (C=O) groups excluding carboxylic acids is 4. The molecule has 2 aromatic carbocycles. The van der Waals surface area contributed by atoms with Crippen molar-refractivity contribution in [1.29, 1.82) is 0 Å². The summed E-state index contributed by atoms with van der Waals surface area (Å²) < 4.78 is 0. The third kappa shape index (κ3) is 12.7. The lowest BCUT2D eigenvalue weighted by Crippen LogP contribution is -2.48. The molecular weight excluding hydrogens is 420 g/mol. The third-order valence-electron chi connectivity index (χ3n) is 4.45. The van der Waals surface area contributed by atoms with Crippen LogP contribution < -0.4 is 21.3 Å². The van der Waals surface area contributed by atoms with Crippen molar-refractivity contribution in [3.05, 3.63) is 71.8 Å². The van der Waals surface area contributed by atoms with Crippen LogP contribution in [0.5, 0.6) is 0 Å². The molecule has 2 rings (SSSR count). The van der Waals surface area contributed by atoms with Crippen molar-refractivity contribution >= 4 is 23.6 Å². The monoisotopic (exact) mass is 454 g/mol. The Balaban J connectivity index is 0.000000335. The highest BCUT2D eigenvalue weighted by Crippen LogP contribution is 2.03. The first-order valence-electron chi connectivity index (χ1n) is 10.8. The van der Waals surface area contributed by atoms with Gasteiger partial charge in [0, 0.05) is 26.9 Å². The zero-order valence-corrected chi connectivity index (χ0v) is 19.7. The highest BCUT2D eigenvalue weighted by atomic mass is 16.2. The minimum Gasteiger partial charge on any atom is -0.350 e. The predicted molar refractivity (Wildman–Crippen MR) is 128 cm³/mol. The quantitative estimate of drug-likeness (QED) is 0.463. The molecule has 0 spiro atoms. The molecule has 8 heteroatoms. The summed E-state index contributed by atoms with van der Waals surface area (Å²) in [6.07, 6.45) is 0. The summed E-state index contributed by atoms with van der Waals surface area (Å²) in [5, 5.41) is 10.6. The van der Waals surface area contributed by atoms with E-state index >= 15 is 0 Å².